The summed E-state index contributed by atoms with van der Waals surface area (Å²) in [6.45, 7) is 4.13. The van der Waals surface area contributed by atoms with Crippen LogP contribution in [0.1, 0.15) is 32.6 Å². The highest BCUT2D eigenvalue weighted by Crippen LogP contribution is 2.26. The Bertz CT molecular complexity index is 737. The lowest BCUT2D eigenvalue weighted by atomic mass is 9.85. The molecule has 0 radical (unpaired) electrons. The highest BCUT2D eigenvalue weighted by atomic mass is 32.2. The van der Waals surface area contributed by atoms with Crippen molar-refractivity contribution < 1.29 is 17.6 Å². The molecule has 2 aliphatic heterocycles. The summed E-state index contributed by atoms with van der Waals surface area (Å²) >= 11 is 0. The fourth-order valence-corrected chi connectivity index (χ4v) is 5.22. The van der Waals surface area contributed by atoms with Crippen molar-refractivity contribution in [1.29, 1.82) is 0 Å². The molecule has 2 heterocycles. The molecule has 0 aromatic heterocycles. The van der Waals surface area contributed by atoms with Gasteiger partial charge in [-0.05, 0) is 56.5 Å². The van der Waals surface area contributed by atoms with Gasteiger partial charge in [-0.25, -0.2) is 12.8 Å². The van der Waals surface area contributed by atoms with Crippen LogP contribution in [0.2, 0.25) is 0 Å². The molecule has 144 valence electrons. The van der Waals surface area contributed by atoms with E-state index in [4.69, 9.17) is 0 Å². The van der Waals surface area contributed by atoms with Gasteiger partial charge in [0.2, 0.25) is 15.9 Å². The number of sulfonamides is 1. The van der Waals surface area contributed by atoms with Crippen LogP contribution in [0.25, 0.3) is 0 Å². The molecule has 6 nitrogen and oxygen atoms in total. The summed E-state index contributed by atoms with van der Waals surface area (Å²) in [7, 11) is -3.66. The molecule has 1 N–H and O–H groups in total. The zero-order valence-corrected chi connectivity index (χ0v) is 15.9. The normalized spacial score (nSPS) is 25.2. The lowest BCUT2D eigenvalue weighted by Crippen LogP contribution is -2.62. The van der Waals surface area contributed by atoms with Gasteiger partial charge in [0.1, 0.15) is 5.82 Å². The number of nitrogens with one attached hydrogen (secondary N) is 1. The lowest BCUT2D eigenvalue weighted by Gasteiger charge is -2.42. The van der Waals surface area contributed by atoms with Crippen LogP contribution in [-0.4, -0.2) is 61.8 Å². The minimum absolute atomic E-state index is 0.0812. The van der Waals surface area contributed by atoms with Crippen molar-refractivity contribution in [3.05, 3.63) is 30.1 Å². The third-order valence-corrected chi connectivity index (χ3v) is 7.40. The van der Waals surface area contributed by atoms with Crippen molar-refractivity contribution in [3.63, 3.8) is 0 Å². The molecule has 0 spiro atoms. The monoisotopic (exact) mass is 383 g/mol. The SMILES string of the molecule is CC[C@@]1(C(=O)N2CCN(S(=O)(=O)c3ccc(F)cc3)CC2)CCCCN1. The third kappa shape index (κ3) is 3.63. The Morgan fingerprint density at radius 1 is 1.15 bits per heavy atom. The van der Waals surface area contributed by atoms with Crippen LogP contribution in [0.4, 0.5) is 4.39 Å². The Balaban J connectivity index is 1.67. The van der Waals surface area contributed by atoms with E-state index in [2.05, 4.69) is 5.32 Å². The molecule has 0 aliphatic carbocycles. The van der Waals surface area contributed by atoms with Crippen molar-refractivity contribution in [2.45, 2.75) is 43.0 Å². The lowest BCUT2D eigenvalue weighted by molar-refractivity contribution is -0.141. The van der Waals surface area contributed by atoms with Gasteiger partial charge in [-0.2, -0.15) is 4.31 Å². The Morgan fingerprint density at radius 2 is 1.81 bits per heavy atom. The van der Waals surface area contributed by atoms with E-state index in [0.29, 0.717) is 13.1 Å². The first-order valence-electron chi connectivity index (χ1n) is 9.19. The molecule has 0 saturated carbocycles. The second-order valence-corrected chi connectivity index (χ2v) is 8.91. The molecule has 1 amide bonds. The number of hydrogen-bond acceptors (Lipinski definition) is 4. The number of benzene rings is 1. The highest BCUT2D eigenvalue weighted by Gasteiger charge is 2.41. The summed E-state index contributed by atoms with van der Waals surface area (Å²) in [4.78, 5) is 14.9. The maximum Gasteiger partial charge on any atom is 0.243 e. The summed E-state index contributed by atoms with van der Waals surface area (Å²) in [6.07, 6.45) is 3.68. The summed E-state index contributed by atoms with van der Waals surface area (Å²) in [5, 5.41) is 3.39. The number of piperazine rings is 1. The zero-order valence-electron chi connectivity index (χ0n) is 15.1. The molecule has 1 atom stereocenters. The fourth-order valence-electron chi connectivity index (χ4n) is 3.79. The maximum atomic E-state index is 13.0. The predicted molar refractivity (Wildman–Crippen MR) is 96.6 cm³/mol. The maximum absolute atomic E-state index is 13.0. The van der Waals surface area contributed by atoms with Crippen LogP contribution in [0, 0.1) is 5.82 Å². The second kappa shape index (κ2) is 7.62. The van der Waals surface area contributed by atoms with Gasteiger partial charge in [-0.15, -0.1) is 0 Å². The van der Waals surface area contributed by atoms with Crippen molar-refractivity contribution in [2.24, 2.45) is 0 Å². The van der Waals surface area contributed by atoms with Gasteiger partial charge in [0.15, 0.2) is 0 Å². The predicted octanol–water partition coefficient (Wildman–Crippen LogP) is 1.58. The van der Waals surface area contributed by atoms with E-state index in [-0.39, 0.29) is 23.9 Å². The smallest absolute Gasteiger partial charge is 0.243 e. The molecule has 0 unspecified atom stereocenters. The largest absolute Gasteiger partial charge is 0.338 e. The van der Waals surface area contributed by atoms with Crippen LogP contribution in [-0.2, 0) is 14.8 Å². The van der Waals surface area contributed by atoms with Gasteiger partial charge in [0.05, 0.1) is 10.4 Å². The van der Waals surface area contributed by atoms with Crippen LogP contribution in [0.5, 0.6) is 0 Å². The summed E-state index contributed by atoms with van der Waals surface area (Å²) < 4.78 is 39.8. The van der Waals surface area contributed by atoms with Crippen LogP contribution in [0.15, 0.2) is 29.2 Å². The zero-order chi connectivity index (χ0) is 18.8. The number of nitrogens with zero attached hydrogens (tertiary/aromatic N) is 2. The van der Waals surface area contributed by atoms with E-state index in [1.165, 1.54) is 16.4 Å². The summed E-state index contributed by atoms with van der Waals surface area (Å²) in [5.41, 5.74) is -0.504. The van der Waals surface area contributed by atoms with Gasteiger partial charge >= 0.3 is 0 Å². The van der Waals surface area contributed by atoms with Crippen LogP contribution < -0.4 is 5.32 Å². The number of halogens is 1. The van der Waals surface area contributed by atoms with E-state index in [0.717, 1.165) is 44.4 Å². The van der Waals surface area contributed by atoms with E-state index in [1.807, 2.05) is 6.92 Å². The number of hydrogen-bond donors (Lipinski definition) is 1. The van der Waals surface area contributed by atoms with Gasteiger partial charge in [-0.3, -0.25) is 4.79 Å². The molecule has 26 heavy (non-hydrogen) atoms. The number of rotatable bonds is 4. The minimum Gasteiger partial charge on any atom is -0.338 e. The number of amides is 1. The van der Waals surface area contributed by atoms with Crippen molar-refractivity contribution in [1.82, 2.24) is 14.5 Å². The summed E-state index contributed by atoms with van der Waals surface area (Å²) in [5.74, 6) is -0.386. The molecule has 2 fully saturated rings. The summed E-state index contributed by atoms with van der Waals surface area (Å²) in [6, 6.07) is 4.85. The van der Waals surface area contributed by atoms with E-state index < -0.39 is 21.4 Å². The van der Waals surface area contributed by atoms with E-state index >= 15 is 0 Å². The van der Waals surface area contributed by atoms with Crippen LogP contribution >= 0.6 is 0 Å². The highest BCUT2D eigenvalue weighted by molar-refractivity contribution is 7.89. The average molecular weight is 383 g/mol. The first-order chi connectivity index (χ1) is 12.4. The molecule has 0 bridgehead atoms. The average Bonchev–Trinajstić information content (AvgIpc) is 2.68. The third-order valence-electron chi connectivity index (χ3n) is 5.48. The molecular formula is C18H26FN3O3S. The Morgan fingerprint density at radius 3 is 2.35 bits per heavy atom. The molecule has 1 aromatic rings. The van der Waals surface area contributed by atoms with Gasteiger partial charge in [0.25, 0.3) is 0 Å². The minimum atomic E-state index is -3.66. The van der Waals surface area contributed by atoms with E-state index in [1.54, 1.807) is 4.90 Å². The van der Waals surface area contributed by atoms with Crippen LogP contribution in [0.3, 0.4) is 0 Å². The van der Waals surface area contributed by atoms with Crippen molar-refractivity contribution in [2.75, 3.05) is 32.7 Å². The molecule has 8 heteroatoms. The van der Waals surface area contributed by atoms with Gasteiger partial charge < -0.3 is 10.2 Å². The fraction of sp³-hybridized carbons (Fsp3) is 0.611. The number of piperidine rings is 1. The Kier molecular flexibility index (Phi) is 5.64. The van der Waals surface area contributed by atoms with E-state index in [9.17, 15) is 17.6 Å². The molecular weight excluding hydrogens is 357 g/mol. The van der Waals surface area contributed by atoms with Crippen molar-refractivity contribution >= 4 is 15.9 Å². The standard InChI is InChI=1S/C18H26FN3O3S/c1-2-18(9-3-4-10-20-18)17(23)21-11-13-22(14-12-21)26(24,25)16-7-5-15(19)6-8-16/h5-8,20H,2-4,9-14H2,1H3/t18-/m0/s1. The molecule has 2 saturated heterocycles. The molecule has 1 aromatic carbocycles. The topological polar surface area (TPSA) is 69.7 Å². The number of carbonyl (C=O) groups excluding carboxylic acids is 1. The quantitative estimate of drug-likeness (QED) is 0.857. The van der Waals surface area contributed by atoms with Gasteiger partial charge in [0, 0.05) is 26.2 Å². The Labute approximate surface area is 154 Å². The first-order valence-corrected chi connectivity index (χ1v) is 10.6. The number of carbonyl (C=O) groups is 1. The molecule has 3 rings (SSSR count). The molecule has 2 aliphatic rings. The van der Waals surface area contributed by atoms with Gasteiger partial charge in [-0.1, -0.05) is 6.92 Å². The Hall–Kier alpha value is -1.51. The second-order valence-electron chi connectivity index (χ2n) is 6.97. The first kappa shape index (κ1) is 19.3. The van der Waals surface area contributed by atoms with Crippen molar-refractivity contribution in [3.8, 4) is 0 Å².